The smallest absolute Gasteiger partial charge is 0.240 e. The SMILES string of the molecule is CC(C)(F)/C=C/C(C)(F)C(F)(F)F. The molecule has 0 aliphatic heterocycles. The standard InChI is InChI=1S/C8H11F5/c1-6(2,9)4-5-7(3,10)8(11,12)13/h4-5H,1-3H3/b5-4+. The topological polar surface area (TPSA) is 0 Å². The molecule has 0 aromatic rings. The van der Waals surface area contributed by atoms with Crippen LogP contribution in [0.2, 0.25) is 0 Å². The van der Waals surface area contributed by atoms with Crippen LogP contribution >= 0.6 is 0 Å². The molecule has 0 radical (unpaired) electrons. The number of hydrogen-bond donors (Lipinski definition) is 0. The van der Waals surface area contributed by atoms with Crippen molar-refractivity contribution in [3.63, 3.8) is 0 Å². The van der Waals surface area contributed by atoms with E-state index in [2.05, 4.69) is 0 Å². The van der Waals surface area contributed by atoms with Crippen LogP contribution in [0.3, 0.4) is 0 Å². The quantitative estimate of drug-likeness (QED) is 0.474. The van der Waals surface area contributed by atoms with E-state index in [1.165, 1.54) is 0 Å². The lowest BCUT2D eigenvalue weighted by Gasteiger charge is -2.20. The molecule has 0 aliphatic rings. The van der Waals surface area contributed by atoms with Crippen LogP contribution in [0.4, 0.5) is 22.0 Å². The van der Waals surface area contributed by atoms with E-state index >= 15 is 0 Å². The van der Waals surface area contributed by atoms with Gasteiger partial charge in [0, 0.05) is 0 Å². The predicted octanol–water partition coefficient (Wildman–Crippen LogP) is 3.58. The summed E-state index contributed by atoms with van der Waals surface area (Å²) < 4.78 is 61.0. The molecule has 1 atom stereocenters. The largest absolute Gasteiger partial charge is 0.425 e. The number of halogens is 5. The molecular formula is C8H11F5. The van der Waals surface area contributed by atoms with Crippen LogP contribution in [0.1, 0.15) is 20.8 Å². The van der Waals surface area contributed by atoms with Crippen molar-refractivity contribution in [1.29, 1.82) is 0 Å². The molecule has 0 aromatic carbocycles. The maximum Gasteiger partial charge on any atom is 0.425 e. The summed E-state index contributed by atoms with van der Waals surface area (Å²) in [4.78, 5) is 0. The van der Waals surface area contributed by atoms with Gasteiger partial charge in [-0.2, -0.15) is 13.2 Å². The van der Waals surface area contributed by atoms with Gasteiger partial charge in [0.2, 0.25) is 5.67 Å². The Morgan fingerprint density at radius 2 is 1.15 bits per heavy atom. The molecule has 0 saturated heterocycles. The summed E-state index contributed by atoms with van der Waals surface area (Å²) in [7, 11) is 0. The van der Waals surface area contributed by atoms with Gasteiger partial charge >= 0.3 is 6.18 Å². The molecule has 0 spiro atoms. The van der Waals surface area contributed by atoms with Crippen molar-refractivity contribution >= 4 is 0 Å². The molecule has 1 unspecified atom stereocenters. The van der Waals surface area contributed by atoms with Gasteiger partial charge in [-0.1, -0.05) is 0 Å². The van der Waals surface area contributed by atoms with E-state index in [-0.39, 0.29) is 6.08 Å². The molecule has 5 heteroatoms. The molecule has 13 heavy (non-hydrogen) atoms. The first kappa shape index (κ1) is 12.4. The third-order valence-corrected chi connectivity index (χ3v) is 1.35. The van der Waals surface area contributed by atoms with Crippen LogP contribution in [0.15, 0.2) is 12.2 Å². The van der Waals surface area contributed by atoms with E-state index in [1.807, 2.05) is 0 Å². The van der Waals surface area contributed by atoms with Gasteiger partial charge in [-0.15, -0.1) is 0 Å². The second-order valence-electron chi connectivity index (χ2n) is 3.47. The van der Waals surface area contributed by atoms with Gasteiger partial charge in [0.15, 0.2) is 0 Å². The van der Waals surface area contributed by atoms with Crippen molar-refractivity contribution in [2.75, 3.05) is 0 Å². The lowest BCUT2D eigenvalue weighted by molar-refractivity contribution is -0.205. The van der Waals surface area contributed by atoms with Gasteiger partial charge in [-0.25, -0.2) is 8.78 Å². The Hall–Kier alpha value is -0.610. The van der Waals surface area contributed by atoms with E-state index < -0.39 is 17.5 Å². The van der Waals surface area contributed by atoms with Gasteiger partial charge in [0.25, 0.3) is 0 Å². The monoisotopic (exact) mass is 202 g/mol. The molecule has 0 aromatic heterocycles. The average Bonchev–Trinajstić information content (AvgIpc) is 1.79. The summed E-state index contributed by atoms with van der Waals surface area (Å²) in [6.45, 7) is 2.42. The predicted molar refractivity (Wildman–Crippen MR) is 39.9 cm³/mol. The highest BCUT2D eigenvalue weighted by Crippen LogP contribution is 2.35. The fraction of sp³-hybridized carbons (Fsp3) is 0.750. The third-order valence-electron chi connectivity index (χ3n) is 1.35. The molecule has 0 amide bonds. The molecule has 0 nitrogen and oxygen atoms in total. The van der Waals surface area contributed by atoms with Crippen LogP contribution in [-0.4, -0.2) is 17.5 Å². The van der Waals surface area contributed by atoms with E-state index in [4.69, 9.17) is 0 Å². The minimum absolute atomic E-state index is 0.188. The zero-order valence-electron chi connectivity index (χ0n) is 7.54. The molecular weight excluding hydrogens is 191 g/mol. The second-order valence-corrected chi connectivity index (χ2v) is 3.47. The molecule has 0 bridgehead atoms. The van der Waals surface area contributed by atoms with Gasteiger partial charge in [-0.3, -0.25) is 0 Å². The fourth-order valence-corrected chi connectivity index (χ4v) is 0.449. The Labute approximate surface area is 73.4 Å². The Kier molecular flexibility index (Phi) is 3.12. The Morgan fingerprint density at radius 3 is 1.38 bits per heavy atom. The summed E-state index contributed by atoms with van der Waals surface area (Å²) in [5, 5.41) is 0. The minimum atomic E-state index is -5.01. The van der Waals surface area contributed by atoms with Gasteiger partial charge in [-0.05, 0) is 32.9 Å². The molecule has 0 rings (SSSR count). The Balaban J connectivity index is 4.62. The summed E-state index contributed by atoms with van der Waals surface area (Å²) in [6.07, 6.45) is -4.26. The lowest BCUT2D eigenvalue weighted by Crippen LogP contribution is -2.36. The fourth-order valence-electron chi connectivity index (χ4n) is 0.449. The minimum Gasteiger partial charge on any atom is -0.240 e. The second kappa shape index (κ2) is 3.27. The van der Waals surface area contributed by atoms with Crippen molar-refractivity contribution in [3.05, 3.63) is 12.2 Å². The average molecular weight is 202 g/mol. The Morgan fingerprint density at radius 1 is 0.769 bits per heavy atom. The summed E-state index contributed by atoms with van der Waals surface area (Å²) in [6, 6.07) is 0. The van der Waals surface area contributed by atoms with Crippen LogP contribution in [0.25, 0.3) is 0 Å². The van der Waals surface area contributed by atoms with Crippen molar-refractivity contribution in [2.45, 2.75) is 38.3 Å². The van der Waals surface area contributed by atoms with Crippen LogP contribution in [0, 0.1) is 0 Å². The summed E-state index contributed by atoms with van der Waals surface area (Å²) in [5.74, 6) is 0. The highest BCUT2D eigenvalue weighted by molar-refractivity contribution is 5.08. The number of allylic oxidation sites excluding steroid dienone is 2. The first-order valence-corrected chi connectivity index (χ1v) is 3.61. The van der Waals surface area contributed by atoms with Crippen LogP contribution in [-0.2, 0) is 0 Å². The molecule has 0 saturated carbocycles. The number of alkyl halides is 5. The maximum atomic E-state index is 12.7. The van der Waals surface area contributed by atoms with Gasteiger partial charge in [0.05, 0.1) is 0 Å². The van der Waals surface area contributed by atoms with E-state index in [0.29, 0.717) is 13.0 Å². The van der Waals surface area contributed by atoms with E-state index in [1.54, 1.807) is 0 Å². The highest BCUT2D eigenvalue weighted by Gasteiger charge is 2.50. The van der Waals surface area contributed by atoms with E-state index in [0.717, 1.165) is 13.8 Å². The summed E-state index contributed by atoms with van der Waals surface area (Å²) in [5.41, 5.74) is -5.42. The highest BCUT2D eigenvalue weighted by atomic mass is 19.4. The molecule has 78 valence electrons. The van der Waals surface area contributed by atoms with Crippen molar-refractivity contribution < 1.29 is 22.0 Å². The molecule has 0 fully saturated rings. The first-order chi connectivity index (χ1) is 5.46. The van der Waals surface area contributed by atoms with Crippen molar-refractivity contribution in [1.82, 2.24) is 0 Å². The normalized spacial score (nSPS) is 19.1. The number of rotatable bonds is 2. The zero-order valence-corrected chi connectivity index (χ0v) is 7.54. The molecule has 0 heterocycles. The van der Waals surface area contributed by atoms with Crippen LogP contribution < -0.4 is 0 Å². The molecule has 0 aliphatic carbocycles. The Bertz CT molecular complexity index is 194. The van der Waals surface area contributed by atoms with Gasteiger partial charge in [0.1, 0.15) is 5.67 Å². The zero-order chi connectivity index (χ0) is 10.9. The van der Waals surface area contributed by atoms with Gasteiger partial charge < -0.3 is 0 Å². The number of hydrogen-bond acceptors (Lipinski definition) is 0. The molecule has 0 N–H and O–H groups in total. The summed E-state index contributed by atoms with van der Waals surface area (Å²) >= 11 is 0. The van der Waals surface area contributed by atoms with Crippen LogP contribution in [0.5, 0.6) is 0 Å². The van der Waals surface area contributed by atoms with E-state index in [9.17, 15) is 22.0 Å². The lowest BCUT2D eigenvalue weighted by atomic mass is 10.0. The maximum absolute atomic E-state index is 12.7. The first-order valence-electron chi connectivity index (χ1n) is 3.61. The van der Waals surface area contributed by atoms with Crippen molar-refractivity contribution in [2.24, 2.45) is 0 Å². The van der Waals surface area contributed by atoms with Crippen molar-refractivity contribution in [3.8, 4) is 0 Å². The third kappa shape index (κ3) is 4.24.